The third-order valence-electron chi connectivity index (χ3n) is 4.49. The van der Waals surface area contributed by atoms with Crippen LogP contribution in [0.5, 0.6) is 0 Å². The molecule has 0 radical (unpaired) electrons. The standard InChI is InChI=1S/C16H23NO2/c1-11-9-13-14(5-4-6-15(13)18)17(11)12-7-8-19-16(2,3)10-12/h9,12H,4-8,10H2,1-3H3. The summed E-state index contributed by atoms with van der Waals surface area (Å²) >= 11 is 0. The first kappa shape index (κ1) is 12.9. The van der Waals surface area contributed by atoms with Crippen molar-refractivity contribution in [1.29, 1.82) is 0 Å². The summed E-state index contributed by atoms with van der Waals surface area (Å²) in [5.74, 6) is 0.328. The number of hydrogen-bond donors (Lipinski definition) is 0. The molecule has 19 heavy (non-hydrogen) atoms. The molecule has 1 unspecified atom stereocenters. The molecular formula is C16H23NO2. The number of rotatable bonds is 1. The Morgan fingerprint density at radius 2 is 2.16 bits per heavy atom. The highest BCUT2D eigenvalue weighted by atomic mass is 16.5. The lowest BCUT2D eigenvalue weighted by Crippen LogP contribution is -2.36. The summed E-state index contributed by atoms with van der Waals surface area (Å²) in [6.07, 6.45) is 4.85. The van der Waals surface area contributed by atoms with E-state index in [2.05, 4.69) is 31.4 Å². The van der Waals surface area contributed by atoms with Gasteiger partial charge in [0.2, 0.25) is 0 Å². The highest BCUT2D eigenvalue weighted by molar-refractivity contribution is 5.98. The predicted molar refractivity (Wildman–Crippen MR) is 74.7 cm³/mol. The molecule has 3 heteroatoms. The van der Waals surface area contributed by atoms with Gasteiger partial charge < -0.3 is 9.30 Å². The van der Waals surface area contributed by atoms with Gasteiger partial charge in [-0.15, -0.1) is 0 Å². The van der Waals surface area contributed by atoms with Gasteiger partial charge in [-0.1, -0.05) is 0 Å². The predicted octanol–water partition coefficient (Wildman–Crippen LogP) is 3.45. The molecule has 0 saturated carbocycles. The van der Waals surface area contributed by atoms with Gasteiger partial charge in [0.05, 0.1) is 5.60 Å². The Kier molecular flexibility index (Phi) is 3.05. The van der Waals surface area contributed by atoms with E-state index in [-0.39, 0.29) is 5.60 Å². The van der Waals surface area contributed by atoms with Gasteiger partial charge in [0, 0.05) is 36.0 Å². The van der Waals surface area contributed by atoms with Gasteiger partial charge in [-0.2, -0.15) is 0 Å². The lowest BCUT2D eigenvalue weighted by Gasteiger charge is -2.37. The van der Waals surface area contributed by atoms with Gasteiger partial charge in [-0.25, -0.2) is 0 Å². The maximum Gasteiger partial charge on any atom is 0.164 e. The van der Waals surface area contributed by atoms with Crippen molar-refractivity contribution in [2.24, 2.45) is 0 Å². The second kappa shape index (κ2) is 4.48. The minimum atomic E-state index is -0.0504. The van der Waals surface area contributed by atoms with Crippen LogP contribution in [0.4, 0.5) is 0 Å². The van der Waals surface area contributed by atoms with E-state index < -0.39 is 0 Å². The Labute approximate surface area is 114 Å². The molecule has 2 heterocycles. The maximum atomic E-state index is 12.0. The molecule has 1 fully saturated rings. The van der Waals surface area contributed by atoms with Gasteiger partial charge in [0.25, 0.3) is 0 Å². The number of nitrogens with zero attached hydrogens (tertiary/aromatic N) is 1. The summed E-state index contributed by atoms with van der Waals surface area (Å²) in [5.41, 5.74) is 3.44. The number of fused-ring (bicyclic) bond motifs is 1. The summed E-state index contributed by atoms with van der Waals surface area (Å²) < 4.78 is 8.25. The monoisotopic (exact) mass is 261 g/mol. The second-order valence-corrected chi connectivity index (χ2v) is 6.55. The van der Waals surface area contributed by atoms with Crippen LogP contribution < -0.4 is 0 Å². The van der Waals surface area contributed by atoms with E-state index in [1.807, 2.05) is 0 Å². The van der Waals surface area contributed by atoms with Crippen molar-refractivity contribution >= 4 is 5.78 Å². The van der Waals surface area contributed by atoms with Crippen LogP contribution in [0, 0.1) is 6.92 Å². The third kappa shape index (κ3) is 2.25. The minimum Gasteiger partial charge on any atom is -0.375 e. The van der Waals surface area contributed by atoms with Crippen LogP contribution >= 0.6 is 0 Å². The molecule has 0 bridgehead atoms. The van der Waals surface area contributed by atoms with Crippen molar-refractivity contribution < 1.29 is 9.53 Å². The largest absolute Gasteiger partial charge is 0.375 e. The summed E-state index contributed by atoms with van der Waals surface area (Å²) in [7, 11) is 0. The molecule has 1 saturated heterocycles. The van der Waals surface area contributed by atoms with E-state index in [4.69, 9.17) is 4.74 Å². The first-order valence-corrected chi connectivity index (χ1v) is 7.36. The summed E-state index contributed by atoms with van der Waals surface area (Å²) in [5, 5.41) is 0. The molecule has 0 spiro atoms. The SMILES string of the molecule is Cc1cc2c(n1C1CCOC(C)(C)C1)CCCC2=O. The summed E-state index contributed by atoms with van der Waals surface area (Å²) in [6, 6.07) is 2.58. The van der Waals surface area contributed by atoms with Crippen LogP contribution in [0.15, 0.2) is 6.07 Å². The average Bonchev–Trinajstić information content (AvgIpc) is 2.66. The van der Waals surface area contributed by atoms with E-state index in [0.717, 1.165) is 44.3 Å². The summed E-state index contributed by atoms with van der Waals surface area (Å²) in [4.78, 5) is 12.0. The molecule has 3 nitrogen and oxygen atoms in total. The number of ether oxygens (including phenoxy) is 1. The van der Waals surface area contributed by atoms with Crippen LogP contribution in [0.25, 0.3) is 0 Å². The maximum absolute atomic E-state index is 12.0. The fraction of sp³-hybridized carbons (Fsp3) is 0.688. The van der Waals surface area contributed by atoms with Gasteiger partial charge in [0.1, 0.15) is 0 Å². The Morgan fingerprint density at radius 3 is 2.89 bits per heavy atom. The van der Waals surface area contributed by atoms with Crippen LogP contribution in [-0.2, 0) is 11.2 Å². The number of hydrogen-bond acceptors (Lipinski definition) is 2. The van der Waals surface area contributed by atoms with Gasteiger partial charge in [-0.05, 0) is 52.5 Å². The van der Waals surface area contributed by atoms with Crippen LogP contribution in [-0.4, -0.2) is 22.6 Å². The Balaban J connectivity index is 1.99. The summed E-state index contributed by atoms with van der Waals surface area (Å²) in [6.45, 7) is 7.28. The molecule has 1 atom stereocenters. The van der Waals surface area contributed by atoms with Crippen molar-refractivity contribution in [2.45, 2.75) is 64.5 Å². The number of ketones is 1. The zero-order valence-electron chi connectivity index (χ0n) is 12.2. The van der Waals surface area contributed by atoms with E-state index in [9.17, 15) is 4.79 Å². The molecule has 1 aromatic heterocycles. The molecule has 0 N–H and O–H groups in total. The highest BCUT2D eigenvalue weighted by Crippen LogP contribution is 2.36. The fourth-order valence-electron chi connectivity index (χ4n) is 3.68. The van der Waals surface area contributed by atoms with E-state index in [1.165, 1.54) is 11.4 Å². The van der Waals surface area contributed by atoms with Crippen LogP contribution in [0.1, 0.15) is 67.3 Å². The van der Waals surface area contributed by atoms with Crippen LogP contribution in [0.3, 0.4) is 0 Å². The zero-order valence-corrected chi connectivity index (χ0v) is 12.2. The van der Waals surface area contributed by atoms with Gasteiger partial charge in [-0.3, -0.25) is 4.79 Å². The number of carbonyl (C=O) groups is 1. The quantitative estimate of drug-likeness (QED) is 0.775. The highest BCUT2D eigenvalue weighted by Gasteiger charge is 2.33. The third-order valence-corrected chi connectivity index (χ3v) is 4.49. The molecule has 0 amide bonds. The molecular weight excluding hydrogens is 238 g/mol. The van der Waals surface area contributed by atoms with Crippen molar-refractivity contribution in [2.75, 3.05) is 6.61 Å². The lowest BCUT2D eigenvalue weighted by molar-refractivity contribution is -0.0696. The molecule has 104 valence electrons. The molecule has 1 aliphatic heterocycles. The van der Waals surface area contributed by atoms with E-state index in [1.54, 1.807) is 0 Å². The van der Waals surface area contributed by atoms with E-state index >= 15 is 0 Å². The van der Waals surface area contributed by atoms with Gasteiger partial charge >= 0.3 is 0 Å². The van der Waals surface area contributed by atoms with Crippen LogP contribution in [0.2, 0.25) is 0 Å². The molecule has 1 aromatic rings. The van der Waals surface area contributed by atoms with E-state index in [0.29, 0.717) is 11.8 Å². The fourth-order valence-corrected chi connectivity index (χ4v) is 3.68. The Hall–Kier alpha value is -1.09. The van der Waals surface area contributed by atoms with Crippen molar-refractivity contribution in [3.8, 4) is 0 Å². The normalized spacial score (nSPS) is 26.3. The number of carbonyl (C=O) groups excluding carboxylic acids is 1. The lowest BCUT2D eigenvalue weighted by atomic mass is 9.92. The molecule has 2 aliphatic rings. The topological polar surface area (TPSA) is 31.2 Å². The number of aryl methyl sites for hydroxylation is 1. The molecule has 1 aliphatic carbocycles. The van der Waals surface area contributed by atoms with Crippen molar-refractivity contribution in [3.05, 3.63) is 23.0 Å². The van der Waals surface area contributed by atoms with Crippen molar-refractivity contribution in [1.82, 2.24) is 4.57 Å². The first-order chi connectivity index (χ1) is 8.98. The minimum absolute atomic E-state index is 0.0504. The van der Waals surface area contributed by atoms with Gasteiger partial charge in [0.15, 0.2) is 5.78 Å². The molecule has 0 aromatic carbocycles. The number of aromatic nitrogens is 1. The number of Topliss-reactive ketones (excluding diaryl/α,β-unsaturated/α-hetero) is 1. The second-order valence-electron chi connectivity index (χ2n) is 6.55. The van der Waals surface area contributed by atoms with Crippen molar-refractivity contribution in [3.63, 3.8) is 0 Å². The average molecular weight is 261 g/mol. The smallest absolute Gasteiger partial charge is 0.164 e. The Morgan fingerprint density at radius 1 is 1.37 bits per heavy atom. The molecule has 3 rings (SSSR count). The Bertz CT molecular complexity index is 513. The first-order valence-electron chi connectivity index (χ1n) is 7.36. The zero-order chi connectivity index (χ0) is 13.6.